The van der Waals surface area contributed by atoms with Crippen molar-refractivity contribution in [3.8, 4) is 5.75 Å². The van der Waals surface area contributed by atoms with E-state index in [2.05, 4.69) is 46.4 Å². The van der Waals surface area contributed by atoms with Gasteiger partial charge in [-0.2, -0.15) is 0 Å². The number of halogens is 1. The molecule has 0 spiro atoms. The molecule has 0 radical (unpaired) electrons. The zero-order valence-electron chi connectivity index (χ0n) is 44.9. The smallest absolute Gasteiger partial charge is 0.280 e. The largest absolute Gasteiger partial charge is 0.492 e. The number of nitrogens with zero attached hydrogens (tertiary/aromatic N) is 4. The zero-order chi connectivity index (χ0) is 55.9. The standard InChI is InChI=1S/C51H93ClN18O6/c52-43-45(60)68-44(59)42(67-43)50(75)69-51(61)66-29-13-8-16-36-21-23-37(24-22-36)76-35-34-70(33-15-31-65-49(74)40(57)19-6-3-12-28-63-47(72)41(58)20-7-10-26-54)32-14-30-64-48(73)39(56)18-5-2-11-27-62-46(71)38(55)17-4-1-9-25-53/h21-24,38-41H,1-20,25-35,53-58H2,(H,62,71)(H,63,72)(H,64,73)(H,65,74)(H4,59,60,68)(H3,61,66,69,75)/t38-,39-,40-,41-/m0/s1. The second kappa shape index (κ2) is 40.7. The molecule has 0 saturated heterocycles. The maximum atomic E-state index is 12.8. The van der Waals surface area contributed by atoms with Gasteiger partial charge in [0.05, 0.1) is 24.2 Å². The summed E-state index contributed by atoms with van der Waals surface area (Å²) in [5, 5.41) is 14.0. The van der Waals surface area contributed by atoms with Crippen molar-refractivity contribution in [3.05, 3.63) is 40.7 Å². The minimum Gasteiger partial charge on any atom is -0.492 e. The van der Waals surface area contributed by atoms with Crippen LogP contribution in [-0.4, -0.2) is 147 Å². The summed E-state index contributed by atoms with van der Waals surface area (Å²) in [5.41, 5.74) is 53.5. The number of guanidine groups is 1. The first kappa shape index (κ1) is 66.6. The van der Waals surface area contributed by atoms with E-state index in [1.165, 1.54) is 0 Å². The number of unbranched alkanes of at least 4 members (excludes halogenated alkanes) is 8. The Bertz CT molecular complexity index is 2000. The summed E-state index contributed by atoms with van der Waals surface area (Å²) in [7, 11) is 0. The van der Waals surface area contributed by atoms with Gasteiger partial charge in [-0.05, 0) is 127 Å². The number of aliphatic imine (C=N–C) groups is 1. The van der Waals surface area contributed by atoms with Gasteiger partial charge >= 0.3 is 0 Å². The van der Waals surface area contributed by atoms with Crippen molar-refractivity contribution in [3.63, 3.8) is 0 Å². The Hall–Kier alpha value is -5.47. The van der Waals surface area contributed by atoms with Crippen LogP contribution in [0.4, 0.5) is 11.6 Å². The first-order chi connectivity index (χ1) is 36.6. The van der Waals surface area contributed by atoms with Gasteiger partial charge in [-0.25, -0.2) is 9.97 Å². The lowest BCUT2D eigenvalue weighted by Crippen LogP contribution is -2.42. The van der Waals surface area contributed by atoms with Crippen molar-refractivity contribution in [2.45, 2.75) is 153 Å². The number of amides is 5. The first-order valence-electron chi connectivity index (χ1n) is 27.2. The predicted molar refractivity (Wildman–Crippen MR) is 302 cm³/mol. The topological polar surface area (TPSA) is 430 Å². The Morgan fingerprint density at radius 2 is 1.01 bits per heavy atom. The zero-order valence-corrected chi connectivity index (χ0v) is 45.6. The van der Waals surface area contributed by atoms with E-state index in [9.17, 15) is 24.0 Å². The number of anilines is 2. The highest BCUT2D eigenvalue weighted by Crippen LogP contribution is 2.18. The quantitative estimate of drug-likeness (QED) is 0.0242. The average Bonchev–Trinajstić information content (AvgIpc) is 3.40. The van der Waals surface area contributed by atoms with E-state index < -0.39 is 30.1 Å². The fraction of sp³-hybridized carbons (Fsp3) is 0.686. The van der Waals surface area contributed by atoms with E-state index >= 15 is 0 Å². The molecule has 0 saturated carbocycles. The van der Waals surface area contributed by atoms with Gasteiger partial charge in [-0.1, -0.05) is 68.7 Å². The second-order valence-corrected chi connectivity index (χ2v) is 19.4. The summed E-state index contributed by atoms with van der Waals surface area (Å²) >= 11 is 5.87. The van der Waals surface area contributed by atoms with E-state index in [0.29, 0.717) is 111 Å². The Labute approximate surface area is 455 Å². The Balaban J connectivity index is 1.78. The lowest BCUT2D eigenvalue weighted by Gasteiger charge is -2.23. The molecule has 1 heterocycles. The number of rotatable bonds is 43. The van der Waals surface area contributed by atoms with Crippen molar-refractivity contribution >= 4 is 58.7 Å². The molecule has 24 nitrogen and oxygen atoms in total. The molecule has 0 aliphatic carbocycles. The van der Waals surface area contributed by atoms with Crippen LogP contribution in [0.5, 0.6) is 5.75 Å². The number of carbonyl (C=O) groups excluding carboxylic acids is 5. The fourth-order valence-electron chi connectivity index (χ4n) is 7.87. The molecule has 25 heteroatoms. The minimum atomic E-state index is -0.698. The molecule has 2 rings (SSSR count). The van der Waals surface area contributed by atoms with Crippen LogP contribution in [0.3, 0.4) is 0 Å². The van der Waals surface area contributed by atoms with Gasteiger partial charge in [-0.15, -0.1) is 0 Å². The number of aromatic nitrogens is 2. The molecule has 5 amide bonds. The Kier molecular flexibility index (Phi) is 35.7. The number of hydrogen-bond donors (Lipinski definition) is 14. The molecule has 2 aromatic rings. The number of nitrogen functional groups attached to an aromatic ring is 2. The predicted octanol–water partition coefficient (Wildman–Crippen LogP) is 0.366. The monoisotopic (exact) mass is 1090 g/mol. The lowest BCUT2D eigenvalue weighted by molar-refractivity contribution is -0.123. The van der Waals surface area contributed by atoms with Crippen LogP contribution in [0.15, 0.2) is 29.3 Å². The summed E-state index contributed by atoms with van der Waals surface area (Å²) in [6.07, 6.45) is 15.2. The third-order valence-electron chi connectivity index (χ3n) is 12.5. The molecule has 4 atom stereocenters. The highest BCUT2D eigenvalue weighted by Gasteiger charge is 2.19. The van der Waals surface area contributed by atoms with Crippen LogP contribution >= 0.6 is 11.6 Å². The van der Waals surface area contributed by atoms with Gasteiger partial charge in [0.1, 0.15) is 12.4 Å². The Morgan fingerprint density at radius 1 is 0.566 bits per heavy atom. The van der Waals surface area contributed by atoms with Crippen LogP contribution in [0, 0.1) is 0 Å². The van der Waals surface area contributed by atoms with E-state index in [-0.39, 0.29) is 52.1 Å². The summed E-state index contributed by atoms with van der Waals surface area (Å²) in [6.45, 7) is 5.96. The molecule has 0 aliphatic rings. The molecule has 0 bridgehead atoms. The number of carbonyl (C=O) groups is 5. The van der Waals surface area contributed by atoms with Crippen molar-refractivity contribution in [1.29, 1.82) is 0 Å². The van der Waals surface area contributed by atoms with Crippen LogP contribution in [-0.2, 0) is 25.6 Å². The maximum Gasteiger partial charge on any atom is 0.280 e. The molecular weight excluding hydrogens is 996 g/mol. The van der Waals surface area contributed by atoms with Crippen molar-refractivity contribution in [2.24, 2.45) is 45.1 Å². The highest BCUT2D eigenvalue weighted by atomic mass is 35.5. The van der Waals surface area contributed by atoms with Gasteiger partial charge < -0.3 is 77.6 Å². The van der Waals surface area contributed by atoms with Crippen molar-refractivity contribution < 1.29 is 28.7 Å². The van der Waals surface area contributed by atoms with Gasteiger partial charge in [0.2, 0.25) is 23.6 Å². The highest BCUT2D eigenvalue weighted by molar-refractivity contribution is 6.31. The maximum absolute atomic E-state index is 12.8. The molecule has 430 valence electrons. The minimum absolute atomic E-state index is 0.0833. The third-order valence-corrected chi connectivity index (χ3v) is 12.8. The molecule has 76 heavy (non-hydrogen) atoms. The van der Waals surface area contributed by atoms with Crippen molar-refractivity contribution in [2.75, 3.05) is 83.5 Å². The number of ether oxygens (including phenoxy) is 1. The SMILES string of the molecule is NCCCCC[C@H](N)C(=O)NCCCCC[C@H](N)C(=O)NCCCN(CCCNC(=O)[C@@H](N)CCCCCNC(=O)[C@@H](N)CCCCN)CCOc1ccc(CCCCN=C(N)NC(=O)c2nc(Cl)c(N)nc2N)cc1. The number of nitrogens with one attached hydrogen (secondary N) is 5. The van der Waals surface area contributed by atoms with Gasteiger partial charge in [-0.3, -0.25) is 39.2 Å². The van der Waals surface area contributed by atoms with Crippen LogP contribution in [0.2, 0.25) is 5.15 Å². The van der Waals surface area contributed by atoms with E-state index in [0.717, 1.165) is 101 Å². The molecular formula is C51H93ClN18O6. The molecule has 23 N–H and O–H groups in total. The van der Waals surface area contributed by atoms with E-state index in [4.69, 9.17) is 67.9 Å². The van der Waals surface area contributed by atoms with Crippen LogP contribution in [0.25, 0.3) is 0 Å². The Morgan fingerprint density at radius 3 is 1.50 bits per heavy atom. The fourth-order valence-corrected chi connectivity index (χ4v) is 8.00. The van der Waals surface area contributed by atoms with Gasteiger partial charge in [0.25, 0.3) is 5.91 Å². The number of nitrogens with two attached hydrogens (primary N) is 9. The summed E-state index contributed by atoms with van der Waals surface area (Å²) in [6, 6.07) is 5.60. The second-order valence-electron chi connectivity index (χ2n) is 19.1. The van der Waals surface area contributed by atoms with Crippen LogP contribution in [0.1, 0.15) is 138 Å². The number of benzene rings is 1. The van der Waals surface area contributed by atoms with E-state index in [1.54, 1.807) is 0 Å². The molecule has 0 unspecified atom stereocenters. The molecule has 0 fully saturated rings. The number of hydrogen-bond acceptors (Lipinski definition) is 18. The molecule has 1 aromatic heterocycles. The van der Waals surface area contributed by atoms with Crippen LogP contribution < -0.4 is 82.9 Å². The first-order valence-corrected chi connectivity index (χ1v) is 27.6. The van der Waals surface area contributed by atoms with Gasteiger partial charge in [0.15, 0.2) is 28.4 Å². The van der Waals surface area contributed by atoms with E-state index in [1.807, 2.05) is 24.3 Å². The lowest BCUT2D eigenvalue weighted by atomic mass is 10.1. The molecule has 1 aromatic carbocycles. The summed E-state index contributed by atoms with van der Waals surface area (Å²) in [5.74, 6) is -1.01. The normalized spacial score (nSPS) is 13.1. The van der Waals surface area contributed by atoms with Crippen molar-refractivity contribution in [1.82, 2.24) is 41.5 Å². The average molecular weight is 1090 g/mol. The third kappa shape index (κ3) is 30.3. The molecule has 0 aliphatic heterocycles. The summed E-state index contributed by atoms with van der Waals surface area (Å²) < 4.78 is 6.13. The number of aryl methyl sites for hydroxylation is 1. The van der Waals surface area contributed by atoms with Gasteiger partial charge in [0, 0.05) is 39.3 Å². The summed E-state index contributed by atoms with van der Waals surface area (Å²) in [4.78, 5) is 76.7.